The van der Waals surface area contributed by atoms with Crippen molar-refractivity contribution in [3.63, 3.8) is 0 Å². The van der Waals surface area contributed by atoms with Crippen molar-refractivity contribution in [1.82, 2.24) is 25.4 Å². The summed E-state index contributed by atoms with van der Waals surface area (Å²) in [6, 6.07) is 1.71. The first-order valence-electron chi connectivity index (χ1n) is 3.60. The fourth-order valence-electron chi connectivity index (χ4n) is 0.578. The van der Waals surface area contributed by atoms with Gasteiger partial charge in [0.25, 0.3) is 0 Å². The van der Waals surface area contributed by atoms with Gasteiger partial charge < -0.3 is 5.11 Å². The molecule has 2 aromatic heterocycles. The number of nitrogens with one attached hydrogen (secondary N) is 1. The highest BCUT2D eigenvalue weighted by Crippen LogP contribution is 1.83. The highest BCUT2D eigenvalue weighted by Gasteiger charge is 1.84. The fourth-order valence-corrected chi connectivity index (χ4v) is 0.578. The van der Waals surface area contributed by atoms with E-state index >= 15 is 0 Å². The molecular formula is C7H9N5O. The maximum atomic E-state index is 8.41. The molecule has 0 fully saturated rings. The van der Waals surface area contributed by atoms with Crippen LogP contribution in [0.2, 0.25) is 0 Å². The van der Waals surface area contributed by atoms with E-state index in [2.05, 4.69) is 25.4 Å². The Hall–Kier alpha value is -1.82. The molecular weight excluding hydrogens is 170 g/mol. The zero-order valence-corrected chi connectivity index (χ0v) is 6.83. The van der Waals surface area contributed by atoms with Crippen LogP contribution >= 0.6 is 0 Å². The van der Waals surface area contributed by atoms with Crippen molar-refractivity contribution in [3.8, 4) is 0 Å². The minimum absolute atomic E-state index is 0.0825. The van der Waals surface area contributed by atoms with Crippen LogP contribution in [0.5, 0.6) is 0 Å². The molecule has 0 saturated heterocycles. The number of nitrogens with zero attached hydrogens (tertiary/aromatic N) is 4. The molecule has 0 radical (unpaired) electrons. The standard InChI is InChI=1S/C5H6N2O.C2H3N3/c8-4-5-6-2-1-3-7-5;1-2-4-5-3-1/h1-3,8H,4H2;1-2H,(H,3,4,5). The Balaban J connectivity index is 0.000000145. The van der Waals surface area contributed by atoms with E-state index in [1.54, 1.807) is 30.9 Å². The summed E-state index contributed by atoms with van der Waals surface area (Å²) in [7, 11) is 0. The Morgan fingerprint density at radius 3 is 2.00 bits per heavy atom. The lowest BCUT2D eigenvalue weighted by atomic mass is 10.6. The number of aliphatic hydroxyl groups is 1. The Morgan fingerprint density at radius 1 is 1.08 bits per heavy atom. The van der Waals surface area contributed by atoms with Gasteiger partial charge in [-0.15, -0.1) is 0 Å². The Labute approximate surface area is 74.7 Å². The van der Waals surface area contributed by atoms with Gasteiger partial charge in [-0.3, -0.25) is 0 Å². The van der Waals surface area contributed by atoms with Crippen LogP contribution in [0, 0.1) is 0 Å². The Morgan fingerprint density at radius 2 is 1.69 bits per heavy atom. The molecule has 13 heavy (non-hydrogen) atoms. The van der Waals surface area contributed by atoms with Crippen molar-refractivity contribution in [2.24, 2.45) is 0 Å². The molecule has 2 N–H and O–H groups in total. The summed E-state index contributed by atoms with van der Waals surface area (Å²) in [6.07, 6.45) is 6.36. The van der Waals surface area contributed by atoms with Crippen LogP contribution in [0.1, 0.15) is 5.82 Å². The number of H-pyrrole nitrogens is 1. The van der Waals surface area contributed by atoms with Gasteiger partial charge in [0.15, 0.2) is 5.82 Å². The molecule has 0 aliphatic heterocycles. The average molecular weight is 179 g/mol. The summed E-state index contributed by atoms with van der Waals surface area (Å²) in [4.78, 5) is 7.47. The van der Waals surface area contributed by atoms with Gasteiger partial charge in [0.05, 0.1) is 12.4 Å². The van der Waals surface area contributed by atoms with Gasteiger partial charge in [0.2, 0.25) is 0 Å². The van der Waals surface area contributed by atoms with Gasteiger partial charge in [-0.05, 0) is 6.07 Å². The highest BCUT2D eigenvalue weighted by atomic mass is 16.3. The molecule has 0 saturated carbocycles. The average Bonchev–Trinajstić information content (AvgIpc) is 2.77. The molecule has 0 spiro atoms. The van der Waals surface area contributed by atoms with Crippen molar-refractivity contribution < 1.29 is 5.11 Å². The molecule has 68 valence electrons. The molecule has 2 heterocycles. The van der Waals surface area contributed by atoms with Gasteiger partial charge in [-0.1, -0.05) is 0 Å². The van der Waals surface area contributed by atoms with E-state index in [4.69, 9.17) is 5.11 Å². The first-order valence-corrected chi connectivity index (χ1v) is 3.60. The predicted molar refractivity (Wildman–Crippen MR) is 44.3 cm³/mol. The highest BCUT2D eigenvalue weighted by molar-refractivity contribution is 4.85. The van der Waals surface area contributed by atoms with E-state index in [0.29, 0.717) is 5.82 Å². The Bertz CT molecular complexity index is 279. The van der Waals surface area contributed by atoms with Crippen molar-refractivity contribution in [2.75, 3.05) is 0 Å². The van der Waals surface area contributed by atoms with Gasteiger partial charge in [-0.2, -0.15) is 15.4 Å². The maximum Gasteiger partial charge on any atom is 0.153 e. The largest absolute Gasteiger partial charge is 0.388 e. The van der Waals surface area contributed by atoms with Crippen molar-refractivity contribution in [1.29, 1.82) is 0 Å². The molecule has 0 aliphatic carbocycles. The molecule has 0 unspecified atom stereocenters. The number of rotatable bonds is 1. The number of aliphatic hydroxyl groups excluding tert-OH is 1. The second kappa shape index (κ2) is 5.78. The first kappa shape index (κ1) is 9.27. The molecule has 0 bridgehead atoms. The molecule has 0 aromatic carbocycles. The van der Waals surface area contributed by atoms with Crippen LogP contribution in [0.15, 0.2) is 30.9 Å². The molecule has 6 nitrogen and oxygen atoms in total. The fraction of sp³-hybridized carbons (Fsp3) is 0.143. The summed E-state index contributed by atoms with van der Waals surface area (Å²) in [5.41, 5.74) is 0. The van der Waals surface area contributed by atoms with Crippen LogP contribution in [-0.4, -0.2) is 30.5 Å². The van der Waals surface area contributed by atoms with E-state index in [0.717, 1.165) is 0 Å². The first-order chi connectivity index (χ1) is 6.43. The van der Waals surface area contributed by atoms with Crippen LogP contribution in [0.3, 0.4) is 0 Å². The van der Waals surface area contributed by atoms with Crippen molar-refractivity contribution in [3.05, 3.63) is 36.7 Å². The van der Waals surface area contributed by atoms with Crippen LogP contribution in [0.25, 0.3) is 0 Å². The normalized spacial score (nSPS) is 8.69. The van der Waals surface area contributed by atoms with Gasteiger partial charge in [0.1, 0.15) is 6.61 Å². The number of hydrogen-bond acceptors (Lipinski definition) is 5. The van der Waals surface area contributed by atoms with Crippen LogP contribution < -0.4 is 0 Å². The minimum atomic E-state index is -0.0825. The molecule has 6 heteroatoms. The molecule has 0 atom stereocenters. The van der Waals surface area contributed by atoms with Gasteiger partial charge >= 0.3 is 0 Å². The van der Waals surface area contributed by atoms with E-state index in [1.807, 2.05) is 0 Å². The third-order valence-electron chi connectivity index (χ3n) is 1.09. The van der Waals surface area contributed by atoms with Crippen LogP contribution in [0.4, 0.5) is 0 Å². The summed E-state index contributed by atoms with van der Waals surface area (Å²) in [5.74, 6) is 0.465. The van der Waals surface area contributed by atoms with Crippen LogP contribution in [-0.2, 0) is 6.61 Å². The van der Waals surface area contributed by atoms with Gasteiger partial charge in [0, 0.05) is 12.4 Å². The molecule has 2 rings (SSSR count). The summed E-state index contributed by atoms with van der Waals surface area (Å²) >= 11 is 0. The molecule has 0 aliphatic rings. The van der Waals surface area contributed by atoms with Crippen molar-refractivity contribution >= 4 is 0 Å². The molecule has 2 aromatic rings. The Kier molecular flexibility index (Phi) is 4.12. The summed E-state index contributed by atoms with van der Waals surface area (Å²) in [6.45, 7) is -0.0825. The zero-order valence-electron chi connectivity index (χ0n) is 6.83. The SMILES string of the molecule is OCc1ncccn1.c1cn[nH]n1. The van der Waals surface area contributed by atoms with Gasteiger partial charge in [-0.25, -0.2) is 9.97 Å². The van der Waals surface area contributed by atoms with E-state index < -0.39 is 0 Å². The lowest BCUT2D eigenvalue weighted by Gasteiger charge is -1.87. The van der Waals surface area contributed by atoms with Crippen molar-refractivity contribution in [2.45, 2.75) is 6.61 Å². The number of aromatic nitrogens is 5. The second-order valence-electron chi connectivity index (χ2n) is 1.98. The second-order valence-corrected chi connectivity index (χ2v) is 1.98. The third kappa shape index (κ3) is 3.92. The lowest BCUT2D eigenvalue weighted by molar-refractivity contribution is 0.271. The number of hydrogen-bond donors (Lipinski definition) is 2. The quantitative estimate of drug-likeness (QED) is 0.631. The maximum absolute atomic E-state index is 8.41. The van der Waals surface area contributed by atoms with E-state index in [-0.39, 0.29) is 6.61 Å². The topological polar surface area (TPSA) is 87.6 Å². The lowest BCUT2D eigenvalue weighted by Crippen LogP contribution is -1.90. The smallest absolute Gasteiger partial charge is 0.153 e. The number of aromatic amines is 1. The third-order valence-corrected chi connectivity index (χ3v) is 1.09. The minimum Gasteiger partial charge on any atom is -0.388 e. The summed E-state index contributed by atoms with van der Waals surface area (Å²) < 4.78 is 0. The monoisotopic (exact) mass is 179 g/mol. The van der Waals surface area contributed by atoms with E-state index in [1.165, 1.54) is 0 Å². The molecule has 0 amide bonds. The predicted octanol–water partition coefficient (Wildman–Crippen LogP) is -0.226. The zero-order chi connectivity index (χ0) is 9.36. The van der Waals surface area contributed by atoms with E-state index in [9.17, 15) is 0 Å². The summed E-state index contributed by atoms with van der Waals surface area (Å²) in [5, 5.41) is 17.7.